The average Bonchev–Trinajstić information content (AvgIpc) is 2.77. The van der Waals surface area contributed by atoms with Gasteiger partial charge < -0.3 is 5.32 Å². The van der Waals surface area contributed by atoms with Crippen molar-refractivity contribution in [2.45, 2.75) is 20.4 Å². The predicted molar refractivity (Wildman–Crippen MR) is 81.8 cm³/mol. The Bertz CT molecular complexity index is 508. The summed E-state index contributed by atoms with van der Waals surface area (Å²) >= 11 is 5.19. The van der Waals surface area contributed by atoms with Gasteiger partial charge in [0.25, 0.3) is 0 Å². The number of thiazole rings is 1. The highest BCUT2D eigenvalue weighted by Crippen LogP contribution is 2.26. The fourth-order valence-corrected chi connectivity index (χ4v) is 2.85. The van der Waals surface area contributed by atoms with Gasteiger partial charge in [-0.25, -0.2) is 4.98 Å². The molecule has 2 nitrogen and oxygen atoms in total. The maximum atomic E-state index is 4.65. The van der Waals surface area contributed by atoms with Gasteiger partial charge in [0.05, 0.1) is 5.69 Å². The second-order valence-corrected chi connectivity index (χ2v) is 6.45. The van der Waals surface area contributed by atoms with Crippen molar-refractivity contribution >= 4 is 27.3 Å². The molecule has 0 saturated heterocycles. The van der Waals surface area contributed by atoms with Crippen LogP contribution in [-0.4, -0.2) is 11.5 Å². The molecule has 2 aromatic rings. The van der Waals surface area contributed by atoms with Gasteiger partial charge in [0.2, 0.25) is 0 Å². The van der Waals surface area contributed by atoms with Crippen LogP contribution in [0.4, 0.5) is 0 Å². The largest absolute Gasteiger partial charge is 0.311 e. The number of aromatic nitrogens is 1. The molecule has 2 rings (SSSR count). The Morgan fingerprint density at radius 1 is 1.39 bits per heavy atom. The first-order valence-corrected chi connectivity index (χ1v) is 7.73. The van der Waals surface area contributed by atoms with Crippen molar-refractivity contribution in [3.05, 3.63) is 39.8 Å². The number of hydrogen-bond acceptors (Lipinski definition) is 3. The van der Waals surface area contributed by atoms with Crippen molar-refractivity contribution in [1.82, 2.24) is 10.3 Å². The molecular formula is C14H17BrN2S. The Morgan fingerprint density at radius 2 is 2.22 bits per heavy atom. The predicted octanol–water partition coefficient (Wildman–Crippen LogP) is 4.32. The molecule has 0 unspecified atom stereocenters. The fraction of sp³-hybridized carbons (Fsp3) is 0.357. The number of hydrogen-bond donors (Lipinski definition) is 1. The van der Waals surface area contributed by atoms with Crippen LogP contribution < -0.4 is 5.32 Å². The van der Waals surface area contributed by atoms with Gasteiger partial charge in [0.15, 0.2) is 0 Å². The molecule has 0 saturated carbocycles. The van der Waals surface area contributed by atoms with E-state index in [0.717, 1.165) is 28.3 Å². The van der Waals surface area contributed by atoms with Crippen LogP contribution in [0.1, 0.15) is 19.5 Å². The van der Waals surface area contributed by atoms with Crippen LogP contribution in [0.15, 0.2) is 34.1 Å². The van der Waals surface area contributed by atoms with Crippen molar-refractivity contribution < 1.29 is 0 Å². The summed E-state index contributed by atoms with van der Waals surface area (Å²) in [5.74, 6) is 0.674. The summed E-state index contributed by atoms with van der Waals surface area (Å²) in [6.07, 6.45) is 0. The van der Waals surface area contributed by atoms with Crippen molar-refractivity contribution in [2.75, 3.05) is 6.54 Å². The van der Waals surface area contributed by atoms with Crippen LogP contribution in [0, 0.1) is 5.92 Å². The maximum absolute atomic E-state index is 4.65. The van der Waals surface area contributed by atoms with Gasteiger partial charge in [-0.1, -0.05) is 41.9 Å². The van der Waals surface area contributed by atoms with E-state index in [-0.39, 0.29) is 0 Å². The molecule has 1 aromatic heterocycles. The molecule has 1 heterocycles. The molecule has 4 heteroatoms. The molecule has 0 amide bonds. The Hall–Kier alpha value is -0.710. The third-order valence-electron chi connectivity index (χ3n) is 2.48. The second kappa shape index (κ2) is 6.45. The molecule has 18 heavy (non-hydrogen) atoms. The minimum Gasteiger partial charge on any atom is -0.311 e. The molecule has 0 aliphatic carbocycles. The third kappa shape index (κ3) is 3.90. The molecule has 0 atom stereocenters. The summed E-state index contributed by atoms with van der Waals surface area (Å²) in [4.78, 5) is 4.65. The Morgan fingerprint density at radius 3 is 2.94 bits per heavy atom. The monoisotopic (exact) mass is 324 g/mol. The SMILES string of the molecule is CC(C)CNCc1csc(-c2cccc(Br)c2)n1. The van der Waals surface area contributed by atoms with Gasteiger partial charge in [0.1, 0.15) is 5.01 Å². The van der Waals surface area contributed by atoms with Crippen LogP contribution in [0.2, 0.25) is 0 Å². The number of nitrogens with one attached hydrogen (secondary N) is 1. The van der Waals surface area contributed by atoms with Crippen LogP contribution in [-0.2, 0) is 6.54 Å². The van der Waals surface area contributed by atoms with Gasteiger partial charge in [-0.2, -0.15) is 0 Å². The van der Waals surface area contributed by atoms with Crippen molar-refractivity contribution in [3.8, 4) is 10.6 Å². The summed E-state index contributed by atoms with van der Waals surface area (Å²) in [7, 11) is 0. The van der Waals surface area contributed by atoms with E-state index < -0.39 is 0 Å². The first kappa shape index (κ1) is 13.7. The smallest absolute Gasteiger partial charge is 0.123 e. The van der Waals surface area contributed by atoms with Gasteiger partial charge >= 0.3 is 0 Å². The number of rotatable bonds is 5. The highest BCUT2D eigenvalue weighted by Gasteiger charge is 2.05. The molecule has 1 aromatic carbocycles. The normalized spacial score (nSPS) is 11.1. The maximum Gasteiger partial charge on any atom is 0.123 e. The molecule has 0 fully saturated rings. The van der Waals surface area contributed by atoms with E-state index >= 15 is 0 Å². The first-order valence-electron chi connectivity index (χ1n) is 6.06. The van der Waals surface area contributed by atoms with Crippen LogP contribution in [0.5, 0.6) is 0 Å². The molecule has 0 radical (unpaired) electrons. The standard InChI is InChI=1S/C14H17BrN2S/c1-10(2)7-16-8-13-9-18-14(17-13)11-4-3-5-12(15)6-11/h3-6,9-10,16H,7-8H2,1-2H3. The lowest BCUT2D eigenvalue weighted by Gasteiger charge is -2.04. The van der Waals surface area contributed by atoms with Crippen LogP contribution in [0.25, 0.3) is 10.6 Å². The zero-order valence-electron chi connectivity index (χ0n) is 10.6. The lowest BCUT2D eigenvalue weighted by Crippen LogP contribution is -2.19. The summed E-state index contributed by atoms with van der Waals surface area (Å²) in [6.45, 7) is 6.30. The van der Waals surface area contributed by atoms with E-state index in [1.54, 1.807) is 11.3 Å². The molecule has 0 spiro atoms. The van der Waals surface area contributed by atoms with Crippen molar-refractivity contribution in [2.24, 2.45) is 5.92 Å². The van der Waals surface area contributed by atoms with Gasteiger partial charge in [-0.05, 0) is 24.6 Å². The van der Waals surface area contributed by atoms with Gasteiger partial charge in [-0.15, -0.1) is 11.3 Å². The summed E-state index contributed by atoms with van der Waals surface area (Å²) < 4.78 is 1.09. The summed E-state index contributed by atoms with van der Waals surface area (Å²) in [6, 6.07) is 8.26. The van der Waals surface area contributed by atoms with E-state index in [1.807, 2.05) is 12.1 Å². The fourth-order valence-electron chi connectivity index (χ4n) is 1.63. The molecular weight excluding hydrogens is 308 g/mol. The topological polar surface area (TPSA) is 24.9 Å². The van der Waals surface area contributed by atoms with Gasteiger partial charge in [0, 0.05) is 22.0 Å². The van der Waals surface area contributed by atoms with E-state index in [4.69, 9.17) is 0 Å². The Balaban J connectivity index is 2.02. The lowest BCUT2D eigenvalue weighted by molar-refractivity contribution is 0.549. The minimum atomic E-state index is 0.674. The quantitative estimate of drug-likeness (QED) is 0.886. The van der Waals surface area contributed by atoms with E-state index in [0.29, 0.717) is 5.92 Å². The average molecular weight is 325 g/mol. The summed E-state index contributed by atoms with van der Waals surface area (Å²) in [5, 5.41) is 6.62. The zero-order chi connectivity index (χ0) is 13.0. The number of nitrogens with zero attached hydrogens (tertiary/aromatic N) is 1. The Kier molecular flexibility index (Phi) is 4.92. The molecule has 0 aliphatic heterocycles. The van der Waals surface area contributed by atoms with Crippen LogP contribution in [0.3, 0.4) is 0 Å². The summed E-state index contributed by atoms with van der Waals surface area (Å²) in [5.41, 5.74) is 2.29. The minimum absolute atomic E-state index is 0.674. The van der Waals surface area contributed by atoms with Crippen LogP contribution >= 0.6 is 27.3 Å². The highest BCUT2D eigenvalue weighted by atomic mass is 79.9. The number of benzene rings is 1. The third-order valence-corrected chi connectivity index (χ3v) is 3.92. The molecule has 0 aliphatic rings. The highest BCUT2D eigenvalue weighted by molar-refractivity contribution is 9.10. The first-order chi connectivity index (χ1) is 8.65. The van der Waals surface area contributed by atoms with Crippen molar-refractivity contribution in [1.29, 1.82) is 0 Å². The van der Waals surface area contributed by atoms with Gasteiger partial charge in [-0.3, -0.25) is 0 Å². The van der Waals surface area contributed by atoms with E-state index in [2.05, 4.69) is 57.6 Å². The molecule has 1 N–H and O–H groups in total. The molecule has 0 bridgehead atoms. The zero-order valence-corrected chi connectivity index (χ0v) is 13.0. The Labute approximate surface area is 121 Å². The van der Waals surface area contributed by atoms with Crippen molar-refractivity contribution in [3.63, 3.8) is 0 Å². The van der Waals surface area contributed by atoms with E-state index in [9.17, 15) is 0 Å². The molecule has 96 valence electrons. The lowest BCUT2D eigenvalue weighted by atomic mass is 10.2. The number of halogens is 1. The second-order valence-electron chi connectivity index (χ2n) is 4.68. The van der Waals surface area contributed by atoms with E-state index in [1.165, 1.54) is 5.56 Å².